The highest BCUT2D eigenvalue weighted by Crippen LogP contribution is 2.17. The van der Waals surface area contributed by atoms with Crippen molar-refractivity contribution in [2.75, 3.05) is 6.54 Å². The van der Waals surface area contributed by atoms with Crippen molar-refractivity contribution in [3.8, 4) is 0 Å². The van der Waals surface area contributed by atoms with Crippen LogP contribution in [0, 0.1) is 19.8 Å². The van der Waals surface area contributed by atoms with Crippen molar-refractivity contribution in [3.05, 3.63) is 17.0 Å². The summed E-state index contributed by atoms with van der Waals surface area (Å²) in [6.45, 7) is 15.4. The van der Waals surface area contributed by atoms with Gasteiger partial charge < -0.3 is 5.32 Å². The molecule has 0 amide bonds. The molecule has 104 valence electrons. The van der Waals surface area contributed by atoms with Crippen molar-refractivity contribution in [2.45, 2.75) is 67.0 Å². The van der Waals surface area contributed by atoms with Gasteiger partial charge in [0.15, 0.2) is 0 Å². The molecule has 1 unspecified atom stereocenters. The van der Waals surface area contributed by atoms with Gasteiger partial charge in [0.25, 0.3) is 0 Å². The molecule has 0 aliphatic rings. The molecule has 0 radical (unpaired) electrons. The lowest BCUT2D eigenvalue weighted by atomic mass is 9.99. The second-order valence-electron chi connectivity index (χ2n) is 5.74. The molecule has 0 aliphatic heterocycles. The standard InChI is InChI=1S/C15H29N3/c1-7-8-18-14(6)15(13(5)17-18)9-12(4)10-16-11(2)3/h11-12,16H,7-10H2,1-6H3. The summed E-state index contributed by atoms with van der Waals surface area (Å²) in [5.74, 6) is 0.657. The van der Waals surface area contributed by atoms with Crippen LogP contribution in [0.1, 0.15) is 51.1 Å². The monoisotopic (exact) mass is 251 g/mol. The smallest absolute Gasteiger partial charge is 0.0628 e. The average Bonchev–Trinajstić information content (AvgIpc) is 2.55. The predicted molar refractivity (Wildman–Crippen MR) is 78.0 cm³/mol. The van der Waals surface area contributed by atoms with Crippen LogP contribution in [0.15, 0.2) is 0 Å². The minimum absolute atomic E-state index is 0.567. The largest absolute Gasteiger partial charge is 0.314 e. The van der Waals surface area contributed by atoms with Crippen LogP contribution in [0.25, 0.3) is 0 Å². The van der Waals surface area contributed by atoms with Gasteiger partial charge in [-0.05, 0) is 44.7 Å². The fourth-order valence-electron chi connectivity index (χ4n) is 2.32. The second-order valence-corrected chi connectivity index (χ2v) is 5.74. The van der Waals surface area contributed by atoms with E-state index in [2.05, 4.69) is 56.6 Å². The van der Waals surface area contributed by atoms with E-state index in [0.29, 0.717) is 12.0 Å². The van der Waals surface area contributed by atoms with Gasteiger partial charge in [0, 0.05) is 18.3 Å². The Kier molecular flexibility index (Phi) is 5.86. The molecule has 1 atom stereocenters. The van der Waals surface area contributed by atoms with Crippen molar-refractivity contribution in [1.29, 1.82) is 0 Å². The van der Waals surface area contributed by atoms with Gasteiger partial charge in [-0.2, -0.15) is 5.10 Å². The molecule has 0 saturated carbocycles. The minimum Gasteiger partial charge on any atom is -0.314 e. The van der Waals surface area contributed by atoms with E-state index in [4.69, 9.17) is 0 Å². The molecule has 0 bridgehead atoms. The highest BCUT2D eigenvalue weighted by Gasteiger charge is 2.14. The van der Waals surface area contributed by atoms with Gasteiger partial charge in [-0.1, -0.05) is 27.7 Å². The third-order valence-electron chi connectivity index (χ3n) is 3.39. The van der Waals surface area contributed by atoms with E-state index in [9.17, 15) is 0 Å². The molecule has 0 spiro atoms. The number of nitrogens with one attached hydrogen (secondary N) is 1. The zero-order valence-electron chi connectivity index (χ0n) is 12.9. The van der Waals surface area contributed by atoms with Gasteiger partial charge in [0.1, 0.15) is 0 Å². The maximum absolute atomic E-state index is 4.64. The summed E-state index contributed by atoms with van der Waals surface area (Å²) in [7, 11) is 0. The summed E-state index contributed by atoms with van der Waals surface area (Å²) in [6, 6.07) is 0.567. The third kappa shape index (κ3) is 4.13. The van der Waals surface area contributed by atoms with Gasteiger partial charge in [-0.15, -0.1) is 0 Å². The summed E-state index contributed by atoms with van der Waals surface area (Å²) >= 11 is 0. The van der Waals surface area contributed by atoms with Crippen LogP contribution in [-0.4, -0.2) is 22.4 Å². The number of hydrogen-bond donors (Lipinski definition) is 1. The molecule has 1 heterocycles. The number of hydrogen-bond acceptors (Lipinski definition) is 2. The molecule has 0 aliphatic carbocycles. The Labute approximate surface area is 112 Å². The van der Waals surface area contributed by atoms with Crippen LogP contribution in [0.3, 0.4) is 0 Å². The van der Waals surface area contributed by atoms with Crippen LogP contribution in [0.2, 0.25) is 0 Å². The van der Waals surface area contributed by atoms with Crippen LogP contribution < -0.4 is 5.32 Å². The van der Waals surface area contributed by atoms with Gasteiger partial charge in [0.2, 0.25) is 0 Å². The summed E-state index contributed by atoms with van der Waals surface area (Å²) < 4.78 is 2.16. The predicted octanol–water partition coefficient (Wildman–Crippen LogP) is 3.09. The lowest BCUT2D eigenvalue weighted by Gasteiger charge is -2.15. The van der Waals surface area contributed by atoms with E-state index in [0.717, 1.165) is 25.9 Å². The summed E-state index contributed by atoms with van der Waals surface area (Å²) in [5, 5.41) is 8.15. The summed E-state index contributed by atoms with van der Waals surface area (Å²) in [4.78, 5) is 0. The molecule has 1 rings (SSSR count). The Morgan fingerprint density at radius 2 is 1.89 bits per heavy atom. The van der Waals surface area contributed by atoms with Crippen molar-refractivity contribution in [3.63, 3.8) is 0 Å². The van der Waals surface area contributed by atoms with Gasteiger partial charge >= 0.3 is 0 Å². The van der Waals surface area contributed by atoms with E-state index in [-0.39, 0.29) is 0 Å². The maximum Gasteiger partial charge on any atom is 0.0628 e. The van der Waals surface area contributed by atoms with E-state index in [1.807, 2.05) is 0 Å². The molecule has 0 saturated heterocycles. The lowest BCUT2D eigenvalue weighted by molar-refractivity contribution is 0.474. The van der Waals surface area contributed by atoms with E-state index >= 15 is 0 Å². The van der Waals surface area contributed by atoms with Crippen molar-refractivity contribution in [1.82, 2.24) is 15.1 Å². The maximum atomic E-state index is 4.64. The molecule has 18 heavy (non-hydrogen) atoms. The molecular formula is C15H29N3. The Morgan fingerprint density at radius 3 is 2.44 bits per heavy atom. The van der Waals surface area contributed by atoms with Crippen molar-refractivity contribution in [2.24, 2.45) is 5.92 Å². The first-order valence-electron chi connectivity index (χ1n) is 7.21. The molecule has 3 heteroatoms. The minimum atomic E-state index is 0.567. The number of aromatic nitrogens is 2. The number of aryl methyl sites for hydroxylation is 2. The normalized spacial score (nSPS) is 13.3. The molecule has 0 fully saturated rings. The zero-order valence-corrected chi connectivity index (χ0v) is 12.9. The van der Waals surface area contributed by atoms with Gasteiger partial charge in [-0.3, -0.25) is 4.68 Å². The van der Waals surface area contributed by atoms with E-state index < -0.39 is 0 Å². The molecule has 3 nitrogen and oxygen atoms in total. The topological polar surface area (TPSA) is 29.9 Å². The van der Waals surface area contributed by atoms with Crippen LogP contribution in [0.4, 0.5) is 0 Å². The third-order valence-corrected chi connectivity index (χ3v) is 3.39. The Morgan fingerprint density at radius 1 is 1.22 bits per heavy atom. The van der Waals surface area contributed by atoms with Gasteiger partial charge in [-0.25, -0.2) is 0 Å². The average molecular weight is 251 g/mol. The number of nitrogens with zero attached hydrogens (tertiary/aromatic N) is 2. The van der Waals surface area contributed by atoms with E-state index in [1.165, 1.54) is 17.0 Å². The fraction of sp³-hybridized carbons (Fsp3) is 0.800. The number of rotatable bonds is 7. The Hall–Kier alpha value is -0.830. The Bertz CT molecular complexity index is 366. The van der Waals surface area contributed by atoms with Crippen molar-refractivity contribution < 1.29 is 0 Å². The molecule has 0 aromatic carbocycles. The van der Waals surface area contributed by atoms with Gasteiger partial charge in [0.05, 0.1) is 5.69 Å². The quantitative estimate of drug-likeness (QED) is 0.807. The first-order valence-corrected chi connectivity index (χ1v) is 7.21. The Balaban J connectivity index is 2.66. The van der Waals surface area contributed by atoms with E-state index in [1.54, 1.807) is 0 Å². The van der Waals surface area contributed by atoms with Crippen LogP contribution >= 0.6 is 0 Å². The summed E-state index contributed by atoms with van der Waals surface area (Å²) in [6.07, 6.45) is 2.27. The highest BCUT2D eigenvalue weighted by molar-refractivity contribution is 5.25. The molecular weight excluding hydrogens is 222 g/mol. The second kappa shape index (κ2) is 6.93. The first-order chi connectivity index (χ1) is 8.45. The molecule has 1 aromatic rings. The SMILES string of the molecule is CCCn1nc(C)c(CC(C)CNC(C)C)c1C. The highest BCUT2D eigenvalue weighted by atomic mass is 15.3. The van der Waals surface area contributed by atoms with Crippen LogP contribution in [-0.2, 0) is 13.0 Å². The summed E-state index contributed by atoms with van der Waals surface area (Å²) in [5.41, 5.74) is 4.00. The van der Waals surface area contributed by atoms with Crippen molar-refractivity contribution >= 4 is 0 Å². The van der Waals surface area contributed by atoms with Crippen LogP contribution in [0.5, 0.6) is 0 Å². The first kappa shape index (κ1) is 15.2. The fourth-order valence-corrected chi connectivity index (χ4v) is 2.32. The molecule has 1 aromatic heterocycles. The zero-order chi connectivity index (χ0) is 13.7. The molecule has 1 N–H and O–H groups in total. The lowest BCUT2D eigenvalue weighted by Crippen LogP contribution is -2.28.